The van der Waals surface area contributed by atoms with E-state index in [1.54, 1.807) is 34.6 Å². The van der Waals surface area contributed by atoms with Gasteiger partial charge in [0.15, 0.2) is 0 Å². The maximum Gasteiger partial charge on any atom is 0.330 e. The molecular weight excluding hydrogens is 705 g/mol. The van der Waals surface area contributed by atoms with Gasteiger partial charge < -0.3 is 28.4 Å². The van der Waals surface area contributed by atoms with Gasteiger partial charge in [-0.2, -0.15) is 0 Å². The first-order valence-electron chi connectivity index (χ1n) is 15.3. The average Bonchev–Trinajstić information content (AvgIpc) is 3.53. The van der Waals surface area contributed by atoms with Crippen LogP contribution in [-0.4, -0.2) is 62.2 Å². The molecule has 0 N–H and O–H groups in total. The van der Waals surface area contributed by atoms with Gasteiger partial charge in [-0.15, -0.1) is 0 Å². The second-order valence-electron chi connectivity index (χ2n) is 12.5. The van der Waals surface area contributed by atoms with Crippen molar-refractivity contribution in [3.63, 3.8) is 0 Å². The number of carbonyl (C=O) groups is 6. The minimum Gasteiger partial charge on any atom is -0.465 e. The molecule has 1 aliphatic rings. The molecule has 0 saturated carbocycles. The monoisotopic (exact) mass is 742 g/mol. The summed E-state index contributed by atoms with van der Waals surface area (Å²) in [5, 5.41) is 9.45. The second-order valence-corrected chi connectivity index (χ2v) is 14.8. The molecule has 14 nitrogen and oxygen atoms in total. The fourth-order valence-electron chi connectivity index (χ4n) is 3.71. The lowest BCUT2D eigenvalue weighted by Gasteiger charge is -2.23. The number of nitriles is 1. The number of benzene rings is 1. The van der Waals surface area contributed by atoms with Gasteiger partial charge in [0.1, 0.15) is 11.5 Å². The Bertz CT molecular complexity index is 1680. The summed E-state index contributed by atoms with van der Waals surface area (Å²) in [6.45, 7) is 22.3. The molecule has 0 saturated heterocycles. The van der Waals surface area contributed by atoms with Gasteiger partial charge in [0, 0.05) is 23.0 Å². The van der Waals surface area contributed by atoms with Gasteiger partial charge in [-0.1, -0.05) is 64.4 Å². The van der Waals surface area contributed by atoms with E-state index in [0.717, 1.165) is 35.7 Å². The first-order chi connectivity index (χ1) is 23.9. The fourth-order valence-corrected chi connectivity index (χ4v) is 6.25. The summed E-state index contributed by atoms with van der Waals surface area (Å²) in [5.41, 5.74) is -1.21. The molecule has 0 radical (unpaired) electrons. The zero-order chi connectivity index (χ0) is 38.4. The number of fused-ring (bicyclic) bond motifs is 1. The maximum absolute atomic E-state index is 12.8. The van der Waals surface area contributed by atoms with Crippen molar-refractivity contribution in [2.24, 2.45) is 10.8 Å². The van der Waals surface area contributed by atoms with Crippen molar-refractivity contribution in [3.05, 3.63) is 58.3 Å². The minimum atomic E-state index is -0.772. The van der Waals surface area contributed by atoms with Gasteiger partial charge in [0.25, 0.3) is 5.70 Å². The molecule has 51 heavy (non-hydrogen) atoms. The molecule has 1 aromatic rings. The molecular formula is C35H38N2O12S2. The third-order valence-electron chi connectivity index (χ3n) is 6.44. The molecule has 2 rings (SSSR count). The summed E-state index contributed by atoms with van der Waals surface area (Å²) < 4.78 is 31.9. The van der Waals surface area contributed by atoms with Crippen molar-refractivity contribution in [2.45, 2.75) is 70.1 Å². The van der Waals surface area contributed by atoms with Crippen LogP contribution >= 0.6 is 23.5 Å². The SMILES string of the molecule is [C-]#[N+]/C(C#N)=C1\Sc2c(OC(=O)CCC(=O)OCC(C)(C)COC(=O)C=C)cc(C)c(OC(=O)CCC(=O)OCC(C)(C)COC(=O)C=C)c2S1. The Morgan fingerprint density at radius 3 is 1.65 bits per heavy atom. The molecule has 0 spiro atoms. The van der Waals surface area contributed by atoms with Crippen molar-refractivity contribution >= 4 is 59.3 Å². The molecule has 0 amide bonds. The van der Waals surface area contributed by atoms with Crippen LogP contribution in [0.2, 0.25) is 0 Å². The summed E-state index contributed by atoms with van der Waals surface area (Å²) in [4.78, 5) is 76.8. The van der Waals surface area contributed by atoms with Crippen LogP contribution in [0.15, 0.2) is 51.1 Å². The van der Waals surface area contributed by atoms with Crippen LogP contribution in [-0.2, 0) is 47.7 Å². The Labute approximate surface area is 304 Å². The number of carbonyl (C=O) groups excluding carboxylic acids is 6. The van der Waals surface area contributed by atoms with Gasteiger partial charge in [0.05, 0.1) is 78.8 Å². The predicted molar refractivity (Wildman–Crippen MR) is 184 cm³/mol. The van der Waals surface area contributed by atoms with Crippen molar-refractivity contribution in [1.29, 1.82) is 5.26 Å². The summed E-state index contributed by atoms with van der Waals surface area (Å²) in [6.07, 6.45) is 0.763. The second kappa shape index (κ2) is 19.4. The minimum absolute atomic E-state index is 0.0148. The highest BCUT2D eigenvalue weighted by atomic mass is 32.2. The molecule has 272 valence electrons. The Morgan fingerprint density at radius 2 is 1.20 bits per heavy atom. The van der Waals surface area contributed by atoms with E-state index in [0.29, 0.717) is 15.4 Å². The van der Waals surface area contributed by atoms with Crippen LogP contribution in [0.1, 0.15) is 58.9 Å². The third-order valence-corrected chi connectivity index (χ3v) is 9.03. The molecule has 1 aliphatic heterocycles. The van der Waals surface area contributed by atoms with Crippen molar-refractivity contribution in [3.8, 4) is 17.6 Å². The lowest BCUT2D eigenvalue weighted by Crippen LogP contribution is -2.28. The van der Waals surface area contributed by atoms with Crippen LogP contribution in [0.5, 0.6) is 11.5 Å². The third kappa shape index (κ3) is 14.0. The predicted octanol–water partition coefficient (Wildman–Crippen LogP) is 5.77. The van der Waals surface area contributed by atoms with Crippen molar-refractivity contribution in [1.82, 2.24) is 0 Å². The Balaban J connectivity index is 2.09. The number of rotatable bonds is 18. The van der Waals surface area contributed by atoms with E-state index in [-0.39, 0.29) is 73.5 Å². The number of hydrogen-bond acceptors (Lipinski definition) is 15. The first-order valence-corrected chi connectivity index (χ1v) is 16.9. The Hall–Kier alpha value is -5.06. The smallest absolute Gasteiger partial charge is 0.330 e. The normalized spacial score (nSPS) is 12.9. The molecule has 0 atom stereocenters. The first kappa shape index (κ1) is 42.1. The summed E-state index contributed by atoms with van der Waals surface area (Å²) >= 11 is 1.97. The Morgan fingerprint density at radius 1 is 0.765 bits per heavy atom. The Kier molecular flexibility index (Phi) is 16.0. The number of allylic oxidation sites excluding steroid dienone is 1. The van der Waals surface area contributed by atoms with Gasteiger partial charge >= 0.3 is 35.8 Å². The van der Waals surface area contributed by atoms with Gasteiger partial charge in [0.2, 0.25) is 0 Å². The zero-order valence-electron chi connectivity index (χ0n) is 28.9. The molecule has 0 aliphatic carbocycles. The van der Waals surface area contributed by atoms with Crippen molar-refractivity contribution < 1.29 is 57.2 Å². The molecule has 16 heteroatoms. The van der Waals surface area contributed by atoms with E-state index in [1.165, 1.54) is 6.07 Å². The van der Waals surface area contributed by atoms with E-state index >= 15 is 0 Å². The van der Waals surface area contributed by atoms with Crippen LogP contribution < -0.4 is 9.47 Å². The molecule has 0 bridgehead atoms. The number of ether oxygens (including phenoxy) is 6. The van der Waals surface area contributed by atoms with Gasteiger partial charge in [-0.05, 0) is 18.6 Å². The number of nitrogens with zero attached hydrogens (tertiary/aromatic N) is 2. The number of hydrogen-bond donors (Lipinski definition) is 0. The van der Waals surface area contributed by atoms with Crippen LogP contribution in [0, 0.1) is 35.7 Å². The fraction of sp³-hybridized carbons (Fsp3) is 0.429. The number of thioether (sulfide) groups is 2. The van der Waals surface area contributed by atoms with E-state index in [1.807, 2.05) is 6.07 Å². The van der Waals surface area contributed by atoms with E-state index in [9.17, 15) is 34.0 Å². The topological polar surface area (TPSA) is 186 Å². The maximum atomic E-state index is 12.8. The highest BCUT2D eigenvalue weighted by molar-refractivity contribution is 8.24. The average molecular weight is 743 g/mol. The molecule has 1 aromatic carbocycles. The highest BCUT2D eigenvalue weighted by Gasteiger charge is 2.32. The standard InChI is InChI=1S/C35H38N2O12S2/c1-9-24(38)44-17-34(4,5)19-46-26(40)11-13-28(42)48-23-15-21(3)30(32-31(23)50-33(51-32)22(16-36)37-8)49-29(43)14-12-27(41)47-20-35(6,7)18-45-25(39)10-2/h9-10,15H,1-2,11-14,17-20H2,3-7H3/b33-22+. The lowest BCUT2D eigenvalue weighted by atomic mass is 9.96. The van der Waals surface area contributed by atoms with E-state index in [4.69, 9.17) is 35.0 Å². The summed E-state index contributed by atoms with van der Waals surface area (Å²) in [6, 6.07) is 3.26. The van der Waals surface area contributed by atoms with Gasteiger partial charge in [-0.25, -0.2) is 19.7 Å². The van der Waals surface area contributed by atoms with Crippen LogP contribution in [0.4, 0.5) is 0 Å². The zero-order valence-corrected chi connectivity index (χ0v) is 30.5. The summed E-state index contributed by atoms with van der Waals surface area (Å²) in [7, 11) is 0. The van der Waals surface area contributed by atoms with Crippen LogP contribution in [0.3, 0.4) is 0 Å². The quantitative estimate of drug-likeness (QED) is 0.0440. The van der Waals surface area contributed by atoms with E-state index in [2.05, 4.69) is 18.0 Å². The van der Waals surface area contributed by atoms with Gasteiger partial charge in [-0.3, -0.25) is 19.2 Å². The molecule has 0 unspecified atom stereocenters. The molecule has 0 fully saturated rings. The molecule has 1 heterocycles. The van der Waals surface area contributed by atoms with E-state index < -0.39 is 46.6 Å². The molecule has 0 aromatic heterocycles. The lowest BCUT2D eigenvalue weighted by molar-refractivity contribution is -0.153. The van der Waals surface area contributed by atoms with Crippen LogP contribution in [0.25, 0.3) is 4.85 Å². The largest absolute Gasteiger partial charge is 0.465 e. The highest BCUT2D eigenvalue weighted by Crippen LogP contribution is 2.60. The van der Waals surface area contributed by atoms with Crippen molar-refractivity contribution in [2.75, 3.05) is 26.4 Å². The summed E-state index contributed by atoms with van der Waals surface area (Å²) in [5.74, 6) is -3.95. The number of esters is 6. The number of aryl methyl sites for hydroxylation is 1.